The molecule has 27 heavy (non-hydrogen) atoms. The summed E-state index contributed by atoms with van der Waals surface area (Å²) in [5.41, 5.74) is 2.81. The third kappa shape index (κ3) is 5.48. The Balaban J connectivity index is 1.33. The highest BCUT2D eigenvalue weighted by atomic mass is 16.5. The van der Waals surface area contributed by atoms with Gasteiger partial charge < -0.3 is 19.2 Å². The summed E-state index contributed by atoms with van der Waals surface area (Å²) in [6, 6.07) is 13.3. The summed E-state index contributed by atoms with van der Waals surface area (Å²) in [7, 11) is 1.62. The van der Waals surface area contributed by atoms with E-state index in [0.717, 1.165) is 28.2 Å². The minimum absolute atomic E-state index is 0.000265. The summed E-state index contributed by atoms with van der Waals surface area (Å²) in [6.07, 6.45) is 1.76. The van der Waals surface area contributed by atoms with Crippen molar-refractivity contribution in [1.29, 1.82) is 0 Å². The number of fused-ring (bicyclic) bond motifs is 1. The highest BCUT2D eigenvalue weighted by Crippen LogP contribution is 2.18. The van der Waals surface area contributed by atoms with Gasteiger partial charge in [0.15, 0.2) is 11.5 Å². The molecule has 0 unspecified atom stereocenters. The first kappa shape index (κ1) is 18.8. The zero-order valence-electron chi connectivity index (χ0n) is 15.7. The Bertz CT molecular complexity index is 887. The lowest BCUT2D eigenvalue weighted by Crippen LogP contribution is -2.27. The molecule has 3 aromatic rings. The number of aromatic nitrogens is 1. The first-order chi connectivity index (χ1) is 13.1. The predicted molar refractivity (Wildman–Crippen MR) is 103 cm³/mol. The Hall–Kier alpha value is -3.02. The molecule has 0 aliphatic carbocycles. The number of rotatable bonds is 9. The van der Waals surface area contributed by atoms with Crippen LogP contribution in [-0.4, -0.2) is 31.2 Å². The Morgan fingerprint density at radius 3 is 2.70 bits per heavy atom. The van der Waals surface area contributed by atoms with Gasteiger partial charge in [-0.25, -0.2) is 4.98 Å². The van der Waals surface area contributed by atoms with Gasteiger partial charge in [-0.2, -0.15) is 0 Å². The third-order valence-corrected chi connectivity index (χ3v) is 4.13. The highest BCUT2D eigenvalue weighted by Gasteiger charge is 2.07. The third-order valence-electron chi connectivity index (χ3n) is 4.13. The molecule has 1 aromatic heterocycles. The first-order valence-corrected chi connectivity index (χ1v) is 9.03. The normalized spacial score (nSPS) is 10.7. The summed E-state index contributed by atoms with van der Waals surface area (Å²) in [5.74, 6) is 2.20. The zero-order chi connectivity index (χ0) is 19.1. The van der Waals surface area contributed by atoms with Gasteiger partial charge in [-0.15, -0.1) is 0 Å². The number of methoxy groups -OCH3 is 1. The molecule has 142 valence electrons. The van der Waals surface area contributed by atoms with Crippen molar-refractivity contribution in [3.63, 3.8) is 0 Å². The van der Waals surface area contributed by atoms with Gasteiger partial charge in [0.1, 0.15) is 23.6 Å². The van der Waals surface area contributed by atoms with Gasteiger partial charge in [0, 0.05) is 12.8 Å². The minimum Gasteiger partial charge on any atom is -0.497 e. The quantitative estimate of drug-likeness (QED) is 0.584. The second-order valence-corrected chi connectivity index (χ2v) is 6.31. The van der Waals surface area contributed by atoms with Gasteiger partial charge in [-0.05, 0) is 55.3 Å². The topological polar surface area (TPSA) is 73.6 Å². The van der Waals surface area contributed by atoms with Crippen LogP contribution in [0.1, 0.15) is 24.3 Å². The standard InChI is InChI=1S/C21H24N2O4/c1-15-6-11-19-18(14-15)23-21(27-19)5-3-4-20(24)22-12-13-26-17-9-7-16(25-2)8-10-17/h6-11,14H,3-5,12-13H2,1-2H3,(H,22,24). The molecule has 0 saturated carbocycles. The number of aryl methyl sites for hydroxylation is 2. The van der Waals surface area contributed by atoms with E-state index >= 15 is 0 Å². The number of hydrogen-bond acceptors (Lipinski definition) is 5. The lowest BCUT2D eigenvalue weighted by Gasteiger charge is -2.08. The molecule has 0 bridgehead atoms. The number of nitrogens with one attached hydrogen (secondary N) is 1. The van der Waals surface area contributed by atoms with Crippen LogP contribution >= 0.6 is 0 Å². The average Bonchev–Trinajstić information content (AvgIpc) is 3.07. The van der Waals surface area contributed by atoms with Crippen LogP contribution in [0.2, 0.25) is 0 Å². The van der Waals surface area contributed by atoms with E-state index in [0.29, 0.717) is 38.3 Å². The van der Waals surface area contributed by atoms with Crippen LogP contribution in [0.4, 0.5) is 0 Å². The zero-order valence-corrected chi connectivity index (χ0v) is 15.7. The van der Waals surface area contributed by atoms with Crippen LogP contribution in [0.3, 0.4) is 0 Å². The van der Waals surface area contributed by atoms with E-state index in [2.05, 4.69) is 10.3 Å². The lowest BCUT2D eigenvalue weighted by molar-refractivity contribution is -0.121. The second-order valence-electron chi connectivity index (χ2n) is 6.31. The van der Waals surface area contributed by atoms with Crippen molar-refractivity contribution in [3.05, 3.63) is 53.9 Å². The number of benzene rings is 2. The smallest absolute Gasteiger partial charge is 0.220 e. The fourth-order valence-corrected chi connectivity index (χ4v) is 2.71. The molecule has 0 atom stereocenters. The second kappa shape index (κ2) is 9.07. The first-order valence-electron chi connectivity index (χ1n) is 9.03. The molecule has 0 saturated heterocycles. The van der Waals surface area contributed by atoms with Gasteiger partial charge in [0.25, 0.3) is 0 Å². The molecule has 0 aliphatic heterocycles. The van der Waals surface area contributed by atoms with E-state index in [1.807, 2.05) is 49.4 Å². The molecule has 0 aliphatic rings. The molecule has 3 rings (SSSR count). The van der Waals surface area contributed by atoms with Gasteiger partial charge in [0.05, 0.1) is 13.7 Å². The highest BCUT2D eigenvalue weighted by molar-refractivity contribution is 5.76. The van der Waals surface area contributed by atoms with Crippen molar-refractivity contribution in [1.82, 2.24) is 10.3 Å². The van der Waals surface area contributed by atoms with Gasteiger partial charge in [-0.1, -0.05) is 6.07 Å². The average molecular weight is 368 g/mol. The summed E-state index contributed by atoms with van der Waals surface area (Å²) in [6.45, 7) is 2.91. The molecule has 1 heterocycles. The summed E-state index contributed by atoms with van der Waals surface area (Å²) < 4.78 is 16.4. The number of hydrogen-bond donors (Lipinski definition) is 1. The van der Waals surface area contributed by atoms with Gasteiger partial charge in [0.2, 0.25) is 5.91 Å². The minimum atomic E-state index is 0.000265. The molecule has 1 N–H and O–H groups in total. The maximum absolute atomic E-state index is 11.9. The number of nitrogens with zero attached hydrogens (tertiary/aromatic N) is 1. The van der Waals surface area contributed by atoms with Gasteiger partial charge >= 0.3 is 0 Å². The Morgan fingerprint density at radius 1 is 1.15 bits per heavy atom. The Kier molecular flexibility index (Phi) is 6.30. The molecule has 0 radical (unpaired) electrons. The molecule has 6 heteroatoms. The largest absolute Gasteiger partial charge is 0.497 e. The van der Waals surface area contributed by atoms with E-state index in [9.17, 15) is 4.79 Å². The Labute approximate surface area is 158 Å². The van der Waals surface area contributed by atoms with Crippen LogP contribution in [-0.2, 0) is 11.2 Å². The van der Waals surface area contributed by atoms with Crippen LogP contribution < -0.4 is 14.8 Å². The maximum atomic E-state index is 11.9. The van der Waals surface area contributed by atoms with Crippen molar-refractivity contribution in [2.45, 2.75) is 26.2 Å². The van der Waals surface area contributed by atoms with Crippen molar-refractivity contribution in [2.24, 2.45) is 0 Å². The van der Waals surface area contributed by atoms with Crippen LogP contribution in [0.5, 0.6) is 11.5 Å². The summed E-state index contributed by atoms with van der Waals surface area (Å²) in [5, 5.41) is 2.86. The molecule has 6 nitrogen and oxygen atoms in total. The SMILES string of the molecule is COc1ccc(OCCNC(=O)CCCc2nc3cc(C)ccc3o2)cc1. The fourth-order valence-electron chi connectivity index (χ4n) is 2.71. The monoisotopic (exact) mass is 368 g/mol. The van der Waals surface area contributed by atoms with Crippen LogP contribution in [0.15, 0.2) is 46.9 Å². The fraction of sp³-hybridized carbons (Fsp3) is 0.333. The molecule has 0 spiro atoms. The number of ether oxygens (including phenoxy) is 2. The molecular weight excluding hydrogens is 344 g/mol. The number of carbonyl (C=O) groups excluding carboxylic acids is 1. The van der Waals surface area contributed by atoms with Crippen LogP contribution in [0.25, 0.3) is 11.1 Å². The number of amides is 1. The summed E-state index contributed by atoms with van der Waals surface area (Å²) in [4.78, 5) is 16.4. The Morgan fingerprint density at radius 2 is 1.93 bits per heavy atom. The van der Waals surface area contributed by atoms with E-state index in [-0.39, 0.29) is 5.91 Å². The number of carbonyl (C=O) groups is 1. The maximum Gasteiger partial charge on any atom is 0.220 e. The summed E-state index contributed by atoms with van der Waals surface area (Å²) >= 11 is 0. The van der Waals surface area contributed by atoms with Gasteiger partial charge in [-0.3, -0.25) is 4.79 Å². The van der Waals surface area contributed by atoms with Crippen molar-refractivity contribution in [3.8, 4) is 11.5 Å². The molecule has 2 aromatic carbocycles. The van der Waals surface area contributed by atoms with Crippen LogP contribution in [0, 0.1) is 6.92 Å². The van der Waals surface area contributed by atoms with E-state index in [4.69, 9.17) is 13.9 Å². The van der Waals surface area contributed by atoms with Crippen molar-refractivity contribution < 1.29 is 18.7 Å². The van der Waals surface area contributed by atoms with Crippen molar-refractivity contribution >= 4 is 17.0 Å². The van der Waals surface area contributed by atoms with Crippen molar-refractivity contribution in [2.75, 3.05) is 20.3 Å². The van der Waals surface area contributed by atoms with E-state index in [1.165, 1.54) is 0 Å². The molecule has 1 amide bonds. The molecule has 0 fully saturated rings. The van der Waals surface area contributed by atoms with E-state index < -0.39 is 0 Å². The molecular formula is C21H24N2O4. The predicted octanol–water partition coefficient (Wildman–Crippen LogP) is 3.66. The van der Waals surface area contributed by atoms with E-state index in [1.54, 1.807) is 7.11 Å². The number of oxazole rings is 1. The lowest BCUT2D eigenvalue weighted by atomic mass is 10.2.